The summed E-state index contributed by atoms with van der Waals surface area (Å²) >= 11 is 0. The van der Waals surface area contributed by atoms with Gasteiger partial charge in [0.15, 0.2) is 0 Å². The van der Waals surface area contributed by atoms with Gasteiger partial charge in [0.05, 0.1) is 6.61 Å². The maximum atomic E-state index is 13.6. The molecule has 1 aliphatic heterocycles. The van der Waals surface area contributed by atoms with Crippen molar-refractivity contribution in [3.63, 3.8) is 0 Å². The molecule has 0 saturated carbocycles. The van der Waals surface area contributed by atoms with Crippen molar-refractivity contribution in [3.8, 4) is 0 Å². The van der Waals surface area contributed by atoms with Crippen LogP contribution >= 0.6 is 0 Å². The molecule has 0 aliphatic carbocycles. The predicted octanol–water partition coefficient (Wildman–Crippen LogP) is 2.69. The largest absolute Gasteiger partial charge is 0.396 e. The van der Waals surface area contributed by atoms with Crippen molar-refractivity contribution in [3.05, 3.63) is 48.3 Å². The summed E-state index contributed by atoms with van der Waals surface area (Å²) in [6.07, 6.45) is 4.20. The average molecular weight is 306 g/mol. The molecule has 22 heavy (non-hydrogen) atoms. The van der Waals surface area contributed by atoms with E-state index in [0.29, 0.717) is 25.1 Å². The minimum absolute atomic E-state index is 0.0378. The zero-order valence-electron chi connectivity index (χ0n) is 12.7. The molecular weight excluding hydrogens is 283 g/mol. The third-order valence-electron chi connectivity index (χ3n) is 4.25. The van der Waals surface area contributed by atoms with Crippen LogP contribution in [0.3, 0.4) is 0 Å². The Balaban J connectivity index is 1.94. The molecule has 2 rings (SSSR count). The first kappa shape index (κ1) is 16.5. The van der Waals surface area contributed by atoms with Crippen LogP contribution in [0.5, 0.6) is 0 Å². The van der Waals surface area contributed by atoms with Gasteiger partial charge in [-0.3, -0.25) is 0 Å². The van der Waals surface area contributed by atoms with Gasteiger partial charge in [-0.15, -0.1) is 6.58 Å². The number of likely N-dealkylation sites (tertiary alicyclic amines) is 1. The monoisotopic (exact) mass is 306 g/mol. The minimum atomic E-state index is -0.321. The Bertz CT molecular complexity index is 535. The van der Waals surface area contributed by atoms with Gasteiger partial charge >= 0.3 is 6.03 Å². The van der Waals surface area contributed by atoms with Crippen LogP contribution < -0.4 is 5.32 Å². The molecule has 0 spiro atoms. The fourth-order valence-electron chi connectivity index (χ4n) is 2.97. The predicted molar refractivity (Wildman–Crippen MR) is 83.8 cm³/mol. The second-order valence-corrected chi connectivity index (χ2v) is 5.93. The van der Waals surface area contributed by atoms with Crippen LogP contribution in [0.2, 0.25) is 0 Å². The fraction of sp³-hybridized carbons (Fsp3) is 0.471. The average Bonchev–Trinajstić information content (AvgIpc) is 2.54. The summed E-state index contributed by atoms with van der Waals surface area (Å²) in [4.78, 5) is 14.0. The molecule has 1 saturated heterocycles. The van der Waals surface area contributed by atoms with E-state index >= 15 is 0 Å². The molecule has 1 aromatic carbocycles. The highest BCUT2D eigenvalue weighted by Gasteiger charge is 2.35. The Morgan fingerprint density at radius 1 is 1.50 bits per heavy atom. The van der Waals surface area contributed by atoms with Crippen LogP contribution in [0, 0.1) is 11.2 Å². The van der Waals surface area contributed by atoms with E-state index in [4.69, 9.17) is 0 Å². The molecule has 1 heterocycles. The second kappa shape index (κ2) is 7.40. The third kappa shape index (κ3) is 3.85. The number of halogens is 1. The Hall–Kier alpha value is -1.88. The van der Waals surface area contributed by atoms with E-state index in [9.17, 15) is 14.3 Å². The molecule has 1 fully saturated rings. The van der Waals surface area contributed by atoms with E-state index in [1.54, 1.807) is 29.2 Å². The van der Waals surface area contributed by atoms with E-state index in [-0.39, 0.29) is 30.4 Å². The summed E-state index contributed by atoms with van der Waals surface area (Å²) in [6.45, 7) is 5.09. The number of hydrogen-bond donors (Lipinski definition) is 2. The van der Waals surface area contributed by atoms with E-state index < -0.39 is 0 Å². The van der Waals surface area contributed by atoms with Crippen LogP contribution in [0.4, 0.5) is 9.18 Å². The van der Waals surface area contributed by atoms with E-state index in [0.717, 1.165) is 12.8 Å². The lowest BCUT2D eigenvalue weighted by Gasteiger charge is -2.41. The number of aliphatic hydroxyl groups is 1. The lowest BCUT2D eigenvalue weighted by molar-refractivity contribution is 0.0492. The minimum Gasteiger partial charge on any atom is -0.396 e. The highest BCUT2D eigenvalue weighted by molar-refractivity contribution is 5.74. The highest BCUT2D eigenvalue weighted by atomic mass is 19.1. The molecule has 0 bridgehead atoms. The van der Waals surface area contributed by atoms with Crippen molar-refractivity contribution in [1.29, 1.82) is 0 Å². The van der Waals surface area contributed by atoms with E-state index in [1.807, 2.05) is 0 Å². The number of aliphatic hydroxyl groups excluding tert-OH is 1. The molecule has 1 aromatic rings. The van der Waals surface area contributed by atoms with Crippen LogP contribution in [-0.2, 0) is 6.54 Å². The first-order chi connectivity index (χ1) is 10.6. The number of rotatable bonds is 5. The summed E-state index contributed by atoms with van der Waals surface area (Å²) in [6, 6.07) is 6.18. The van der Waals surface area contributed by atoms with Gasteiger partial charge in [-0.05, 0) is 25.3 Å². The van der Waals surface area contributed by atoms with Crippen molar-refractivity contribution in [2.24, 2.45) is 5.41 Å². The number of amides is 2. The summed E-state index contributed by atoms with van der Waals surface area (Å²) in [5.41, 5.74) is 0.169. The Kier molecular flexibility index (Phi) is 5.55. The number of hydrogen-bond acceptors (Lipinski definition) is 2. The van der Waals surface area contributed by atoms with Crippen molar-refractivity contribution in [2.45, 2.75) is 25.8 Å². The summed E-state index contributed by atoms with van der Waals surface area (Å²) < 4.78 is 13.6. The molecule has 1 atom stereocenters. The van der Waals surface area contributed by atoms with Crippen LogP contribution in [0.25, 0.3) is 0 Å². The van der Waals surface area contributed by atoms with Gasteiger partial charge in [0.1, 0.15) is 5.82 Å². The fourth-order valence-corrected chi connectivity index (χ4v) is 2.97. The molecule has 0 aromatic heterocycles. The molecule has 120 valence electrons. The smallest absolute Gasteiger partial charge is 0.317 e. The van der Waals surface area contributed by atoms with Crippen LogP contribution in [0.15, 0.2) is 36.9 Å². The number of nitrogens with zero attached hydrogens (tertiary/aromatic N) is 1. The summed E-state index contributed by atoms with van der Waals surface area (Å²) in [5, 5.41) is 12.4. The van der Waals surface area contributed by atoms with E-state index in [2.05, 4.69) is 11.9 Å². The van der Waals surface area contributed by atoms with Gasteiger partial charge in [-0.1, -0.05) is 24.3 Å². The molecule has 5 heteroatoms. The van der Waals surface area contributed by atoms with Gasteiger partial charge < -0.3 is 15.3 Å². The normalized spacial score (nSPS) is 21.5. The van der Waals surface area contributed by atoms with Gasteiger partial charge in [0, 0.05) is 30.6 Å². The molecule has 2 N–H and O–H groups in total. The molecule has 0 unspecified atom stereocenters. The Labute approximate surface area is 130 Å². The van der Waals surface area contributed by atoms with Crippen molar-refractivity contribution in [2.75, 3.05) is 19.7 Å². The molecule has 0 radical (unpaired) electrons. The molecule has 4 nitrogen and oxygen atoms in total. The third-order valence-corrected chi connectivity index (χ3v) is 4.25. The number of piperidine rings is 1. The van der Waals surface area contributed by atoms with Crippen molar-refractivity contribution < 1.29 is 14.3 Å². The van der Waals surface area contributed by atoms with Crippen molar-refractivity contribution >= 4 is 6.03 Å². The zero-order valence-corrected chi connectivity index (χ0v) is 12.7. The van der Waals surface area contributed by atoms with Crippen LogP contribution in [0.1, 0.15) is 24.8 Å². The first-order valence-electron chi connectivity index (χ1n) is 7.58. The van der Waals surface area contributed by atoms with Gasteiger partial charge in [-0.25, -0.2) is 9.18 Å². The van der Waals surface area contributed by atoms with Gasteiger partial charge in [-0.2, -0.15) is 0 Å². The van der Waals surface area contributed by atoms with Gasteiger partial charge in [0.25, 0.3) is 0 Å². The number of carbonyl (C=O) groups is 1. The van der Waals surface area contributed by atoms with Gasteiger partial charge in [0.2, 0.25) is 0 Å². The Morgan fingerprint density at radius 3 is 2.95 bits per heavy atom. The number of nitrogens with one attached hydrogen (secondary N) is 1. The Morgan fingerprint density at radius 2 is 2.27 bits per heavy atom. The number of benzene rings is 1. The molecule has 1 aliphatic rings. The molecule has 2 amide bonds. The lowest BCUT2D eigenvalue weighted by atomic mass is 9.78. The second-order valence-electron chi connectivity index (χ2n) is 5.93. The number of allylic oxidation sites excluding steroid dienone is 1. The first-order valence-corrected chi connectivity index (χ1v) is 7.58. The SMILES string of the molecule is C=CC[C@]1(CO)CCCN(C(=O)NCc2ccccc2F)C1. The van der Waals surface area contributed by atoms with E-state index in [1.165, 1.54) is 6.07 Å². The highest BCUT2D eigenvalue weighted by Crippen LogP contribution is 2.33. The topological polar surface area (TPSA) is 52.6 Å². The maximum Gasteiger partial charge on any atom is 0.317 e. The maximum absolute atomic E-state index is 13.6. The molecular formula is C17H23FN2O2. The summed E-state index contributed by atoms with van der Waals surface area (Å²) in [5.74, 6) is -0.321. The van der Waals surface area contributed by atoms with Crippen LogP contribution in [-0.4, -0.2) is 35.7 Å². The lowest BCUT2D eigenvalue weighted by Crippen LogP contribution is -2.50. The standard InChI is InChI=1S/C17H23FN2O2/c1-2-8-17(13-21)9-5-10-20(12-17)16(22)19-11-14-6-3-4-7-15(14)18/h2-4,6-7,21H,1,5,8-13H2,(H,19,22)/t17-/m0/s1. The van der Waals surface area contributed by atoms with Crippen molar-refractivity contribution in [1.82, 2.24) is 10.2 Å². The number of urea groups is 1. The summed E-state index contributed by atoms with van der Waals surface area (Å²) in [7, 11) is 0. The zero-order chi connectivity index (χ0) is 16.0. The quantitative estimate of drug-likeness (QED) is 0.822. The number of carbonyl (C=O) groups excluding carboxylic acids is 1.